The highest BCUT2D eigenvalue weighted by Gasteiger charge is 2.37. The molecule has 1 aromatic carbocycles. The van der Waals surface area contributed by atoms with Crippen LogP contribution in [0.4, 0.5) is 13.6 Å². The molecule has 2 saturated heterocycles. The molecule has 170 valence electrons. The van der Waals surface area contributed by atoms with Gasteiger partial charge in [0, 0.05) is 44.5 Å². The fourth-order valence-electron chi connectivity index (χ4n) is 4.71. The number of urea groups is 1. The number of piperazine rings is 1. The average molecular weight is 444 g/mol. The third kappa shape index (κ3) is 3.94. The first kappa shape index (κ1) is 20.9. The lowest BCUT2D eigenvalue weighted by atomic mass is 10.0. The topological polar surface area (TPSA) is 66.8 Å². The number of amides is 2. The predicted molar refractivity (Wildman–Crippen MR) is 117 cm³/mol. The number of likely N-dealkylation sites (tertiary alicyclic amines) is 1. The Balaban J connectivity index is 1.31. The Kier molecular flexibility index (Phi) is 5.54. The maximum atomic E-state index is 14.4. The molecule has 0 aliphatic carbocycles. The van der Waals surface area contributed by atoms with Crippen LogP contribution in [0, 0.1) is 11.6 Å². The monoisotopic (exact) mass is 443 g/mol. The number of hydrazone groups is 1. The van der Waals surface area contributed by atoms with E-state index in [2.05, 4.69) is 15.3 Å². The lowest BCUT2D eigenvalue weighted by molar-refractivity contribution is 0.151. The molecule has 4 heterocycles. The van der Waals surface area contributed by atoms with Crippen LogP contribution in [0.15, 0.2) is 40.6 Å². The van der Waals surface area contributed by atoms with Gasteiger partial charge in [-0.1, -0.05) is 0 Å². The maximum absolute atomic E-state index is 14.4. The van der Waals surface area contributed by atoms with E-state index >= 15 is 0 Å². The van der Waals surface area contributed by atoms with Crippen molar-refractivity contribution in [3.8, 4) is 0 Å². The molecule has 10 heteroatoms. The number of fused-ring (bicyclic) bond motifs is 1. The molecule has 3 atom stereocenters. The third-order valence-electron chi connectivity index (χ3n) is 6.54. The minimum Gasteiger partial charge on any atom is -0.350 e. The number of aliphatic imine (C=N–C) groups is 1. The molecule has 0 saturated carbocycles. The normalized spacial score (nSPS) is 27.7. The van der Waals surface area contributed by atoms with Gasteiger partial charge in [-0.15, -0.1) is 0 Å². The molecule has 0 radical (unpaired) electrons. The van der Waals surface area contributed by atoms with Gasteiger partial charge in [0.05, 0.1) is 12.3 Å². The van der Waals surface area contributed by atoms with Gasteiger partial charge in [-0.3, -0.25) is 0 Å². The van der Waals surface area contributed by atoms with Crippen molar-refractivity contribution in [1.82, 2.24) is 25.0 Å². The van der Waals surface area contributed by atoms with E-state index in [0.717, 1.165) is 32.0 Å². The first-order chi connectivity index (χ1) is 15.5. The van der Waals surface area contributed by atoms with Gasteiger partial charge < -0.3 is 20.0 Å². The Morgan fingerprint density at radius 3 is 2.78 bits per heavy atom. The lowest BCUT2D eigenvalue weighted by Crippen LogP contribution is -2.55. The quantitative estimate of drug-likeness (QED) is 0.759. The van der Waals surface area contributed by atoms with Crippen LogP contribution < -0.4 is 5.32 Å². The zero-order valence-electron chi connectivity index (χ0n) is 18.0. The molecule has 2 amide bonds. The van der Waals surface area contributed by atoms with Gasteiger partial charge in [0.1, 0.15) is 23.5 Å². The van der Waals surface area contributed by atoms with Crippen molar-refractivity contribution in [1.29, 1.82) is 0 Å². The molecule has 1 aromatic rings. The van der Waals surface area contributed by atoms with Crippen LogP contribution in [0.5, 0.6) is 0 Å². The highest BCUT2D eigenvalue weighted by molar-refractivity contribution is 5.95. The average Bonchev–Trinajstić information content (AvgIpc) is 3.43. The molecule has 8 nitrogen and oxygen atoms in total. The second kappa shape index (κ2) is 8.50. The van der Waals surface area contributed by atoms with Crippen LogP contribution in [0.3, 0.4) is 0 Å². The van der Waals surface area contributed by atoms with Crippen molar-refractivity contribution in [2.24, 2.45) is 10.1 Å². The van der Waals surface area contributed by atoms with E-state index in [-0.39, 0.29) is 18.1 Å². The molecular weight excluding hydrogens is 416 g/mol. The fraction of sp³-hybridized carbons (Fsp3) is 0.500. The zero-order chi connectivity index (χ0) is 22.2. The van der Waals surface area contributed by atoms with Gasteiger partial charge in [-0.25, -0.2) is 23.6 Å². The summed E-state index contributed by atoms with van der Waals surface area (Å²) in [4.78, 5) is 23.6. The molecule has 2 unspecified atom stereocenters. The summed E-state index contributed by atoms with van der Waals surface area (Å²) in [5.41, 5.74) is 0.351. The van der Waals surface area contributed by atoms with E-state index in [1.54, 1.807) is 11.2 Å². The van der Waals surface area contributed by atoms with Gasteiger partial charge in [-0.05, 0) is 44.2 Å². The van der Waals surface area contributed by atoms with Crippen molar-refractivity contribution in [3.05, 3.63) is 47.7 Å². The highest BCUT2D eigenvalue weighted by atomic mass is 19.1. The summed E-state index contributed by atoms with van der Waals surface area (Å²) < 4.78 is 28.2. The predicted octanol–water partition coefficient (Wildman–Crippen LogP) is 1.98. The van der Waals surface area contributed by atoms with Gasteiger partial charge >= 0.3 is 6.03 Å². The highest BCUT2D eigenvalue weighted by Crippen LogP contribution is 2.35. The third-order valence-corrected chi connectivity index (χ3v) is 6.54. The van der Waals surface area contributed by atoms with E-state index in [4.69, 9.17) is 4.99 Å². The molecule has 1 N–H and O–H groups in total. The maximum Gasteiger partial charge on any atom is 0.318 e. The first-order valence-electron chi connectivity index (χ1n) is 11.0. The lowest BCUT2D eigenvalue weighted by Gasteiger charge is -2.34. The standard InChI is InChI=1S/C22H27F2N7O/c1-28-9-11-29(12-10-28)22(32)26-18-14-25-31-8-6-20(27-21(18)31)30-7-2-3-19(30)16-13-15(23)4-5-17(16)24/h4-6,8,13-14,18-19,21H,2-3,7,9-12H2,1H3,(H,26,32)/t18?,19-,21?/m1/s1. The summed E-state index contributed by atoms with van der Waals surface area (Å²) in [5.74, 6) is -0.162. The van der Waals surface area contributed by atoms with Crippen LogP contribution in [0.1, 0.15) is 24.4 Å². The Bertz CT molecular complexity index is 973. The second-order valence-electron chi connectivity index (χ2n) is 8.64. The summed E-state index contributed by atoms with van der Waals surface area (Å²) in [7, 11) is 2.04. The molecule has 5 rings (SSSR count). The summed E-state index contributed by atoms with van der Waals surface area (Å²) >= 11 is 0. The van der Waals surface area contributed by atoms with E-state index in [1.807, 2.05) is 29.1 Å². The Morgan fingerprint density at radius 1 is 1.16 bits per heavy atom. The number of hydrogen-bond acceptors (Lipinski definition) is 6. The largest absolute Gasteiger partial charge is 0.350 e. The fourth-order valence-corrected chi connectivity index (χ4v) is 4.71. The summed E-state index contributed by atoms with van der Waals surface area (Å²) in [6, 6.07) is 2.82. The number of rotatable bonds is 2. The first-order valence-corrected chi connectivity index (χ1v) is 11.0. The molecule has 0 spiro atoms. The molecule has 4 aliphatic rings. The van der Waals surface area contributed by atoms with Gasteiger partial charge in [0.2, 0.25) is 0 Å². The SMILES string of the molecule is CN1CCN(C(=O)NC2C=NN3C=CC(N4CCC[C@@H]4c4cc(F)ccc4F)=NC23)CC1. The minimum atomic E-state index is -0.448. The summed E-state index contributed by atoms with van der Waals surface area (Å²) in [6.07, 6.45) is 6.55. The molecule has 0 bridgehead atoms. The van der Waals surface area contributed by atoms with E-state index in [9.17, 15) is 13.6 Å². The van der Waals surface area contributed by atoms with E-state index in [0.29, 0.717) is 31.0 Å². The molecular formula is C22H27F2N7O. The van der Waals surface area contributed by atoms with Crippen molar-refractivity contribution in [2.75, 3.05) is 39.8 Å². The summed E-state index contributed by atoms with van der Waals surface area (Å²) in [5, 5.41) is 9.11. The number of nitrogens with one attached hydrogen (secondary N) is 1. The van der Waals surface area contributed by atoms with Crippen molar-refractivity contribution < 1.29 is 13.6 Å². The van der Waals surface area contributed by atoms with Crippen LogP contribution in [0.2, 0.25) is 0 Å². The Labute approximate surface area is 185 Å². The Hall–Kier alpha value is -3.01. The number of carbonyl (C=O) groups is 1. The van der Waals surface area contributed by atoms with Crippen LogP contribution in [-0.2, 0) is 0 Å². The van der Waals surface area contributed by atoms with Gasteiger partial charge in [-0.2, -0.15) is 5.10 Å². The van der Waals surface area contributed by atoms with E-state index < -0.39 is 17.8 Å². The number of nitrogens with zero attached hydrogens (tertiary/aromatic N) is 6. The summed E-state index contributed by atoms with van der Waals surface area (Å²) in [6.45, 7) is 3.77. The molecule has 0 aromatic heterocycles. The van der Waals surface area contributed by atoms with Gasteiger partial charge in [0.25, 0.3) is 0 Å². The number of amidine groups is 1. The Morgan fingerprint density at radius 2 is 1.97 bits per heavy atom. The smallest absolute Gasteiger partial charge is 0.318 e. The van der Waals surface area contributed by atoms with Crippen LogP contribution in [0.25, 0.3) is 0 Å². The molecule has 32 heavy (non-hydrogen) atoms. The van der Waals surface area contributed by atoms with Crippen molar-refractivity contribution >= 4 is 18.1 Å². The molecule has 2 fully saturated rings. The van der Waals surface area contributed by atoms with Gasteiger partial charge in [0.15, 0.2) is 6.17 Å². The van der Waals surface area contributed by atoms with Crippen LogP contribution in [-0.4, -0.2) is 89.8 Å². The zero-order valence-corrected chi connectivity index (χ0v) is 18.0. The minimum absolute atomic E-state index is 0.122. The van der Waals surface area contributed by atoms with Crippen molar-refractivity contribution in [3.63, 3.8) is 0 Å². The van der Waals surface area contributed by atoms with E-state index in [1.165, 1.54) is 12.1 Å². The van der Waals surface area contributed by atoms with Crippen molar-refractivity contribution in [2.45, 2.75) is 31.1 Å². The number of halogens is 2. The number of carbonyl (C=O) groups excluding carboxylic acids is 1. The second-order valence-corrected chi connectivity index (χ2v) is 8.64. The number of hydrogen-bond donors (Lipinski definition) is 1. The van der Waals surface area contributed by atoms with Crippen LogP contribution >= 0.6 is 0 Å². The number of likely N-dealkylation sites (N-methyl/N-ethyl adjacent to an activating group) is 1. The molecule has 4 aliphatic heterocycles. The number of benzene rings is 1.